The maximum atomic E-state index is 12.8. The van der Waals surface area contributed by atoms with Crippen molar-refractivity contribution in [3.05, 3.63) is 35.4 Å². The Morgan fingerprint density at radius 1 is 0.682 bits per heavy atom. The van der Waals surface area contributed by atoms with Crippen LogP contribution in [0.3, 0.4) is 0 Å². The topological polar surface area (TPSA) is 34.1 Å². The van der Waals surface area contributed by atoms with Crippen LogP contribution < -0.4 is 0 Å². The molecule has 0 radical (unpaired) electrons. The van der Waals surface area contributed by atoms with Crippen LogP contribution in [0.5, 0.6) is 0 Å². The van der Waals surface area contributed by atoms with E-state index < -0.39 is 19.7 Å². The number of hydrogen-bond acceptors (Lipinski definition) is 2. The van der Waals surface area contributed by atoms with E-state index in [1.807, 2.05) is 12.1 Å². The van der Waals surface area contributed by atoms with Crippen molar-refractivity contribution >= 4 is 30.4 Å². The molecule has 0 amide bonds. The average molecular weight is 335 g/mol. The zero-order valence-corrected chi connectivity index (χ0v) is 15.6. The van der Waals surface area contributed by atoms with E-state index in [2.05, 4.69) is 53.7 Å². The molecular weight excluding hydrogens is 312 g/mol. The fourth-order valence-electron chi connectivity index (χ4n) is 3.03. The first-order valence-electron chi connectivity index (χ1n) is 7.48. The summed E-state index contributed by atoms with van der Waals surface area (Å²) in [5, 5.41) is 1.99. The smallest absolute Gasteiger partial charge is 0.149 e. The molecule has 0 unspecified atom stereocenters. The first-order chi connectivity index (χ1) is 10.0. The minimum atomic E-state index is -1.48. The molecule has 0 aliphatic carbocycles. The van der Waals surface area contributed by atoms with Gasteiger partial charge in [-0.25, -0.2) is 8.42 Å². The summed E-state index contributed by atoms with van der Waals surface area (Å²) in [6.07, 6.45) is 0. The van der Waals surface area contributed by atoms with Crippen LogP contribution in [-0.2, 0) is 30.5 Å². The molecule has 4 heteroatoms. The molecule has 0 fully saturated rings. The maximum Gasteiger partial charge on any atom is 0.149 e. The van der Waals surface area contributed by atoms with Crippen molar-refractivity contribution in [2.45, 2.75) is 62.2 Å². The van der Waals surface area contributed by atoms with Crippen LogP contribution >= 0.6 is 0 Å². The second-order valence-corrected chi connectivity index (χ2v) is 11.5. The fourth-order valence-corrected chi connectivity index (χ4v) is 7.23. The first kappa shape index (κ1) is 15.9. The molecule has 2 aromatic rings. The van der Waals surface area contributed by atoms with Gasteiger partial charge in [-0.2, -0.15) is 0 Å². The molecule has 3 rings (SSSR count). The van der Waals surface area contributed by atoms with Gasteiger partial charge in [0, 0.05) is 5.39 Å². The quantitative estimate of drug-likeness (QED) is 0.661. The Balaban J connectivity index is 2.52. The van der Waals surface area contributed by atoms with Crippen LogP contribution in [0.1, 0.15) is 52.7 Å². The second kappa shape index (κ2) is 4.75. The average Bonchev–Trinajstić information content (AvgIpc) is 2.64. The highest BCUT2D eigenvalue weighted by atomic mass is 33.1. The molecule has 1 aliphatic rings. The van der Waals surface area contributed by atoms with Gasteiger partial charge in [0.25, 0.3) is 0 Å². The molecule has 2 nitrogen and oxygen atoms in total. The maximum absolute atomic E-state index is 12.8. The zero-order chi connectivity index (χ0) is 16.4. The van der Waals surface area contributed by atoms with Gasteiger partial charge in [0.2, 0.25) is 0 Å². The number of hydrogen-bond donors (Lipinski definition) is 0. The third-order valence-electron chi connectivity index (χ3n) is 4.18. The molecule has 0 bridgehead atoms. The SMILES string of the molecule is CC(C)(C)c1ccc2ccc(C(C)(C)C)c3c2c1[S@@](=O)[S@@]3=O. The van der Waals surface area contributed by atoms with E-state index in [4.69, 9.17) is 0 Å². The van der Waals surface area contributed by atoms with Crippen LogP contribution in [0.4, 0.5) is 0 Å². The zero-order valence-electron chi connectivity index (χ0n) is 13.9. The summed E-state index contributed by atoms with van der Waals surface area (Å²) in [7, 11) is -2.96. The number of benzene rings is 2. The molecule has 0 N–H and O–H groups in total. The van der Waals surface area contributed by atoms with Gasteiger partial charge >= 0.3 is 0 Å². The minimum absolute atomic E-state index is 0.122. The predicted octanol–water partition coefficient (Wildman–Crippen LogP) is 4.58. The van der Waals surface area contributed by atoms with Crippen LogP contribution in [0.15, 0.2) is 34.1 Å². The van der Waals surface area contributed by atoms with E-state index >= 15 is 0 Å². The standard InChI is InChI=1S/C18H22O2S2/c1-17(2,3)12-9-7-11-8-10-13(18(4,5)6)16-14(11)15(12)21(19)22(16)20/h7-10H,1-6H3/t21-,22-/m0/s1. The molecule has 0 aromatic heterocycles. The molecule has 2 aromatic carbocycles. The van der Waals surface area contributed by atoms with Gasteiger partial charge in [0.05, 0.1) is 9.79 Å². The highest BCUT2D eigenvalue weighted by molar-refractivity contribution is 8.61. The van der Waals surface area contributed by atoms with E-state index in [1.54, 1.807) is 0 Å². The van der Waals surface area contributed by atoms with E-state index in [0.717, 1.165) is 31.7 Å². The van der Waals surface area contributed by atoms with E-state index in [0.29, 0.717) is 0 Å². The Morgan fingerprint density at radius 2 is 1.05 bits per heavy atom. The molecule has 2 atom stereocenters. The Morgan fingerprint density at radius 3 is 1.36 bits per heavy atom. The highest BCUT2D eigenvalue weighted by Crippen LogP contribution is 2.46. The summed E-state index contributed by atoms with van der Waals surface area (Å²) in [6, 6.07) is 8.21. The van der Waals surface area contributed by atoms with Gasteiger partial charge in [0.15, 0.2) is 0 Å². The predicted molar refractivity (Wildman–Crippen MR) is 94.2 cm³/mol. The lowest BCUT2D eigenvalue weighted by molar-refractivity contribution is 0.574. The Hall–Kier alpha value is -1.00. The van der Waals surface area contributed by atoms with Crippen molar-refractivity contribution in [3.63, 3.8) is 0 Å². The number of rotatable bonds is 0. The van der Waals surface area contributed by atoms with E-state index in [9.17, 15) is 8.42 Å². The second-order valence-electron chi connectivity index (χ2n) is 7.95. The van der Waals surface area contributed by atoms with Crippen molar-refractivity contribution in [1.29, 1.82) is 0 Å². The third-order valence-corrected chi connectivity index (χ3v) is 7.79. The summed E-state index contributed by atoms with van der Waals surface area (Å²) in [5.74, 6) is 0. The summed E-state index contributed by atoms with van der Waals surface area (Å²) in [6.45, 7) is 12.6. The van der Waals surface area contributed by atoms with Gasteiger partial charge < -0.3 is 0 Å². The fraction of sp³-hybridized carbons (Fsp3) is 0.444. The molecule has 1 aliphatic heterocycles. The normalized spacial score (nSPS) is 21.5. The summed E-state index contributed by atoms with van der Waals surface area (Å²) < 4.78 is 25.7. The summed E-state index contributed by atoms with van der Waals surface area (Å²) >= 11 is 0. The lowest BCUT2D eigenvalue weighted by atomic mass is 9.83. The molecule has 118 valence electrons. The van der Waals surface area contributed by atoms with Crippen LogP contribution in [0.2, 0.25) is 0 Å². The van der Waals surface area contributed by atoms with Gasteiger partial charge in [-0.3, -0.25) is 0 Å². The largest absolute Gasteiger partial charge is 0.240 e. The Bertz CT molecular complexity index is 770. The van der Waals surface area contributed by atoms with Gasteiger partial charge in [0.1, 0.15) is 19.7 Å². The third kappa shape index (κ3) is 2.19. The molecule has 0 spiro atoms. The van der Waals surface area contributed by atoms with Crippen LogP contribution in [0.25, 0.3) is 10.8 Å². The van der Waals surface area contributed by atoms with Crippen molar-refractivity contribution in [2.24, 2.45) is 0 Å². The van der Waals surface area contributed by atoms with Crippen molar-refractivity contribution in [3.8, 4) is 0 Å². The highest BCUT2D eigenvalue weighted by Gasteiger charge is 2.37. The molecule has 0 saturated heterocycles. The van der Waals surface area contributed by atoms with Gasteiger partial charge in [-0.05, 0) is 27.3 Å². The van der Waals surface area contributed by atoms with Gasteiger partial charge in [-0.1, -0.05) is 65.8 Å². The molecular formula is C18H22O2S2. The van der Waals surface area contributed by atoms with Crippen molar-refractivity contribution in [2.75, 3.05) is 0 Å². The van der Waals surface area contributed by atoms with Crippen molar-refractivity contribution in [1.82, 2.24) is 0 Å². The lowest BCUT2D eigenvalue weighted by Gasteiger charge is -2.23. The lowest BCUT2D eigenvalue weighted by Crippen LogP contribution is -2.14. The van der Waals surface area contributed by atoms with E-state index in [1.165, 1.54) is 0 Å². The van der Waals surface area contributed by atoms with Gasteiger partial charge in [-0.15, -0.1) is 0 Å². The monoisotopic (exact) mass is 334 g/mol. The first-order valence-corrected chi connectivity index (χ1v) is 10.3. The molecule has 1 heterocycles. The molecule has 22 heavy (non-hydrogen) atoms. The van der Waals surface area contributed by atoms with E-state index in [-0.39, 0.29) is 10.8 Å². The molecule has 0 saturated carbocycles. The summed E-state index contributed by atoms with van der Waals surface area (Å²) in [5.41, 5.74) is 1.83. The van der Waals surface area contributed by atoms with Crippen LogP contribution in [-0.4, -0.2) is 8.42 Å². The van der Waals surface area contributed by atoms with Crippen LogP contribution in [0, 0.1) is 0 Å². The van der Waals surface area contributed by atoms with Crippen molar-refractivity contribution < 1.29 is 8.42 Å². The Kier molecular flexibility index (Phi) is 3.43. The Labute approximate surface area is 136 Å². The minimum Gasteiger partial charge on any atom is -0.240 e. The summed E-state index contributed by atoms with van der Waals surface area (Å²) in [4.78, 5) is 1.56.